The van der Waals surface area contributed by atoms with E-state index < -0.39 is 216 Å². The zero-order chi connectivity index (χ0) is 94.8. The van der Waals surface area contributed by atoms with Crippen molar-refractivity contribution in [2.45, 2.75) is 212 Å². The first-order valence-corrected chi connectivity index (χ1v) is 45.0. The predicted molar refractivity (Wildman–Crippen MR) is 476 cm³/mol. The SMILES string of the molecule is C#CCCCC(=O)NCCOCCOCCOCCNC(=O)CC[C@H]1NC(=O)CNC(=O)[C@H](CC(C)C)NC(=O)[C@@H](Cc2cnc[nH]2)NC(=O)[C@H](Cc2c[nH]c3ccccc23)NC(=O)[C@H](C)NC(=O)[C@@H](NC(=O)[C@@H](N)CC(=O)O)CSSC[C@@H](C(=O)N[C@H](C(=O)NC(C)=O)[C@@H](C)O)NC(=O)[C@@H](Cc2c[nH]c3ccccc23)NC(=O)[C@H](C(C)C)NC(=O)[C@H](CC(C)C)NC1=O. The number of fused-ring (bicyclic) bond motifs is 2. The molecule has 5 aromatic rings. The van der Waals surface area contributed by atoms with Crippen LogP contribution in [0.1, 0.15) is 131 Å². The van der Waals surface area contributed by atoms with Crippen LogP contribution in [0.3, 0.4) is 0 Å². The molecule has 0 unspecified atom stereocenters. The summed E-state index contributed by atoms with van der Waals surface area (Å²) in [4.78, 5) is 253. The number of terminal acetylenes is 1. The standard InChI is InChI=1S/C85H122N20O22S2/c1-11-12-13-22-68(108)88-25-27-125-29-31-127-32-30-126-28-26-89-69(109)24-23-60-77(116)99-62(34-47(4)5)81(120)104-72(48(6)7)84(123)101-64(36-53-40-91-59-21-17-15-19-56(53)59)79(118)103-67(83(122)105-73(50(9)106)85(124)95-51(10)107)44-129-128-43-66(102-75(114)57(86)38-71(111)112)82(121)94-49(8)74(113)97-63(35-52-39-90-58-20-16-14-18-55(52)58)78(117)100-65(37-54-41-87-45-93-54)80(119)98-61(33-46(2)3)76(115)92-42-70(110)96-60/h1,14-21,39-41,45-50,57,60-67,72-73,90-91,106H,12-13,22-38,42-44,86H2,2-10H3,(H,87,93)(H,88,108)(H,89,109)(H,92,115)(H,94,121)(H,96,110)(H,97,113)(H,98,119)(H,99,116)(H,100,117)(H,101,123)(H,102,114)(H,103,118)(H,104,120)(H,105,122)(H,111,112)(H,95,107,124)/t49-,50+,57-,60+,61-,62-,63-,64+,65+,66-,67-,72-,73-/m0/s1. The summed E-state index contributed by atoms with van der Waals surface area (Å²) in [6, 6.07) is -5.67. The Morgan fingerprint density at radius 3 is 1.62 bits per heavy atom. The van der Waals surface area contributed by atoms with E-state index in [2.05, 4.69) is 100 Å². The number of carboxylic acids is 1. The molecule has 1 aliphatic rings. The van der Waals surface area contributed by atoms with Crippen molar-refractivity contribution in [2.24, 2.45) is 23.5 Å². The number of amides is 16. The Balaban J connectivity index is 1.39. The third kappa shape index (κ3) is 37.3. The molecular weight excluding hydrogens is 1720 g/mol. The number of nitrogens with two attached hydrogens (primary N) is 1. The number of imidazole rings is 1. The number of aliphatic hydroxyl groups excluding tert-OH is 1. The van der Waals surface area contributed by atoms with E-state index >= 15 is 14.4 Å². The number of hydrogen-bond donors (Lipinski definition) is 21. The molecular formula is C85H122N20O22S2. The summed E-state index contributed by atoms with van der Waals surface area (Å²) in [5.74, 6) is -16.4. The number of aromatic amines is 3. The molecule has 0 bridgehead atoms. The number of nitrogens with zero attached hydrogens (tertiary/aromatic N) is 1. The Morgan fingerprint density at radius 1 is 0.581 bits per heavy atom. The van der Waals surface area contributed by atoms with Gasteiger partial charge in [0.25, 0.3) is 5.91 Å². The fourth-order valence-electron chi connectivity index (χ4n) is 13.2. The van der Waals surface area contributed by atoms with Gasteiger partial charge in [0, 0.05) is 116 Å². The zero-order valence-corrected chi connectivity index (χ0v) is 75.3. The third-order valence-corrected chi connectivity index (χ3v) is 22.4. The van der Waals surface area contributed by atoms with Crippen LogP contribution in [-0.2, 0) is 115 Å². The summed E-state index contributed by atoms with van der Waals surface area (Å²) < 4.78 is 16.7. The Labute approximate surface area is 754 Å². The number of benzene rings is 2. The summed E-state index contributed by atoms with van der Waals surface area (Å²) in [6.45, 7) is 14.0. The van der Waals surface area contributed by atoms with Crippen molar-refractivity contribution in [2.75, 3.05) is 70.8 Å². The Hall–Kier alpha value is -12.0. The van der Waals surface area contributed by atoms with Gasteiger partial charge in [0.05, 0.1) is 71.1 Å². The first-order valence-electron chi connectivity index (χ1n) is 42.5. The summed E-state index contributed by atoms with van der Waals surface area (Å²) in [5.41, 5.74) is 8.50. The van der Waals surface area contributed by atoms with Crippen molar-refractivity contribution in [3.63, 3.8) is 0 Å². The van der Waals surface area contributed by atoms with Crippen LogP contribution in [0.15, 0.2) is 73.4 Å². The molecule has 2 aromatic carbocycles. The molecule has 1 saturated heterocycles. The molecule has 706 valence electrons. The van der Waals surface area contributed by atoms with E-state index in [1.807, 2.05) is 5.32 Å². The second-order valence-electron chi connectivity index (χ2n) is 32.1. The maximum absolute atomic E-state index is 15.3. The Kier molecular flexibility index (Phi) is 45.1. The summed E-state index contributed by atoms with van der Waals surface area (Å²) in [7, 11) is 1.55. The van der Waals surface area contributed by atoms with Gasteiger partial charge < -0.3 is 120 Å². The number of aliphatic hydroxyl groups is 1. The molecule has 1 aliphatic heterocycles. The topological polar surface area (TPSA) is 625 Å². The number of ether oxygens (including phenoxy) is 3. The molecule has 0 saturated carbocycles. The summed E-state index contributed by atoms with van der Waals surface area (Å²) >= 11 is 0. The quantitative estimate of drug-likeness (QED) is 0.0113. The maximum atomic E-state index is 15.3. The van der Waals surface area contributed by atoms with Crippen LogP contribution < -0.4 is 85.5 Å². The minimum absolute atomic E-state index is 0.00713. The lowest BCUT2D eigenvalue weighted by atomic mass is 9.98. The van der Waals surface area contributed by atoms with Crippen LogP contribution in [0.4, 0.5) is 0 Å². The van der Waals surface area contributed by atoms with Crippen molar-refractivity contribution >= 4 is 144 Å². The number of H-pyrrole nitrogens is 3. The number of para-hydroxylation sites is 2. The molecule has 44 heteroatoms. The van der Waals surface area contributed by atoms with E-state index in [4.69, 9.17) is 26.4 Å². The van der Waals surface area contributed by atoms with Crippen LogP contribution in [0.5, 0.6) is 0 Å². The predicted octanol–water partition coefficient (Wildman–Crippen LogP) is -2.28. The molecule has 3 aromatic heterocycles. The lowest BCUT2D eigenvalue weighted by Crippen LogP contribution is -2.62. The van der Waals surface area contributed by atoms with Crippen molar-refractivity contribution < 1.29 is 106 Å². The van der Waals surface area contributed by atoms with Crippen LogP contribution in [-0.4, -0.2) is 280 Å². The van der Waals surface area contributed by atoms with Gasteiger partial charge in [-0.15, -0.1) is 12.3 Å². The van der Waals surface area contributed by atoms with Crippen LogP contribution in [0, 0.1) is 30.1 Å². The number of aromatic nitrogens is 4. The third-order valence-electron chi connectivity index (χ3n) is 20.0. The first kappa shape index (κ1) is 106. The van der Waals surface area contributed by atoms with E-state index in [0.29, 0.717) is 64.4 Å². The van der Waals surface area contributed by atoms with Crippen molar-refractivity contribution in [3.05, 3.63) is 90.3 Å². The number of carboxylic acid groups (broad SMARTS) is 1. The number of hydrogen-bond acceptors (Lipinski definition) is 25. The molecule has 4 heterocycles. The Bertz CT molecular complexity index is 4670. The monoisotopic (exact) mass is 1840 g/mol. The Morgan fingerprint density at radius 2 is 1.09 bits per heavy atom. The zero-order valence-electron chi connectivity index (χ0n) is 73.7. The number of aliphatic carboxylic acids is 1. The number of carbonyl (C=O) groups excluding carboxylic acids is 16. The van der Waals surface area contributed by atoms with Crippen molar-refractivity contribution in [1.29, 1.82) is 0 Å². The molecule has 129 heavy (non-hydrogen) atoms. The van der Waals surface area contributed by atoms with Gasteiger partial charge in [0.2, 0.25) is 88.6 Å². The van der Waals surface area contributed by atoms with Crippen molar-refractivity contribution in [1.82, 2.24) is 99.7 Å². The van der Waals surface area contributed by atoms with Gasteiger partial charge in [-0.05, 0) is 80.5 Å². The lowest BCUT2D eigenvalue weighted by molar-refractivity contribution is -0.140. The highest BCUT2D eigenvalue weighted by Crippen LogP contribution is 2.26. The van der Waals surface area contributed by atoms with Gasteiger partial charge in [-0.25, -0.2) is 4.98 Å². The smallest absolute Gasteiger partial charge is 0.305 e. The van der Waals surface area contributed by atoms with Gasteiger partial charge in [-0.2, -0.15) is 0 Å². The molecule has 0 radical (unpaired) electrons. The van der Waals surface area contributed by atoms with Gasteiger partial charge in [-0.1, -0.05) is 99.5 Å². The molecule has 6 rings (SSSR count). The normalized spacial score (nSPS) is 21.1. The number of carbonyl (C=O) groups is 17. The minimum atomic E-state index is -1.85. The number of unbranched alkanes of at least 4 members (excludes halogenated alkanes) is 1. The highest BCUT2D eigenvalue weighted by molar-refractivity contribution is 8.76. The van der Waals surface area contributed by atoms with Gasteiger partial charge in [0.15, 0.2) is 0 Å². The van der Waals surface area contributed by atoms with E-state index in [0.717, 1.165) is 35.4 Å². The highest BCUT2D eigenvalue weighted by atomic mass is 33.1. The fraction of sp³-hybridized carbons (Fsp3) is 0.553. The number of rotatable bonds is 37. The van der Waals surface area contributed by atoms with E-state index in [-0.39, 0.29) is 96.0 Å². The molecule has 16 amide bonds. The number of nitrogens with one attached hydrogen (secondary N) is 18. The minimum Gasteiger partial charge on any atom is -0.481 e. The van der Waals surface area contributed by atoms with Gasteiger partial charge in [-0.3, -0.25) is 86.8 Å². The molecule has 1 fully saturated rings. The molecule has 42 nitrogen and oxygen atoms in total. The summed E-state index contributed by atoms with van der Waals surface area (Å²) in [5, 5.41) is 60.3. The molecule has 13 atom stereocenters. The molecule has 0 spiro atoms. The first-order chi connectivity index (χ1) is 61.4. The lowest BCUT2D eigenvalue weighted by Gasteiger charge is -2.29. The van der Waals surface area contributed by atoms with Crippen LogP contribution in [0.2, 0.25) is 0 Å². The summed E-state index contributed by atoms with van der Waals surface area (Å²) in [6.07, 6.45) is 8.01. The average Bonchev–Trinajstić information content (AvgIpc) is 1.64. The fourth-order valence-corrected chi connectivity index (χ4v) is 15.6. The van der Waals surface area contributed by atoms with E-state index in [1.54, 1.807) is 102 Å². The van der Waals surface area contributed by atoms with Crippen LogP contribution >= 0.6 is 21.6 Å². The number of imide groups is 1. The second-order valence-corrected chi connectivity index (χ2v) is 34.6. The van der Waals surface area contributed by atoms with E-state index in [9.17, 15) is 77.3 Å². The van der Waals surface area contributed by atoms with Gasteiger partial charge >= 0.3 is 5.97 Å². The average molecular weight is 1840 g/mol. The molecule has 0 aliphatic carbocycles. The highest BCUT2D eigenvalue weighted by Gasteiger charge is 2.39. The largest absolute Gasteiger partial charge is 0.481 e. The van der Waals surface area contributed by atoms with Crippen molar-refractivity contribution in [3.8, 4) is 12.3 Å². The maximum Gasteiger partial charge on any atom is 0.305 e. The molecule has 22 N–H and O–H groups in total. The van der Waals surface area contributed by atoms with Gasteiger partial charge in [0.1, 0.15) is 66.5 Å². The van der Waals surface area contributed by atoms with Crippen LogP contribution in [0.25, 0.3) is 21.8 Å². The van der Waals surface area contributed by atoms with E-state index in [1.165, 1.54) is 19.4 Å². The second kappa shape index (κ2) is 55.0.